The second kappa shape index (κ2) is 8.29. The molecular weight excluding hydrogens is 264 g/mol. The van der Waals surface area contributed by atoms with Crippen molar-refractivity contribution in [3.63, 3.8) is 0 Å². The molecule has 1 aliphatic heterocycles. The lowest BCUT2D eigenvalue weighted by Gasteiger charge is -2.33. The lowest BCUT2D eigenvalue weighted by molar-refractivity contribution is 0.0525. The van der Waals surface area contributed by atoms with Crippen molar-refractivity contribution in [1.82, 2.24) is 15.3 Å². The number of anilines is 1. The Morgan fingerprint density at radius 1 is 1.43 bits per heavy atom. The predicted molar refractivity (Wildman–Crippen MR) is 85.4 cm³/mol. The van der Waals surface area contributed by atoms with E-state index in [4.69, 9.17) is 9.72 Å². The van der Waals surface area contributed by atoms with Crippen molar-refractivity contribution in [2.75, 3.05) is 31.1 Å². The molecule has 0 spiro atoms. The average molecular weight is 292 g/mol. The summed E-state index contributed by atoms with van der Waals surface area (Å²) in [6, 6.07) is 0. The molecule has 0 amide bonds. The van der Waals surface area contributed by atoms with Crippen LogP contribution in [0.3, 0.4) is 0 Å². The first-order chi connectivity index (χ1) is 10.2. The van der Waals surface area contributed by atoms with Gasteiger partial charge in [-0.25, -0.2) is 4.98 Å². The van der Waals surface area contributed by atoms with E-state index in [0.717, 1.165) is 57.1 Å². The lowest BCUT2D eigenvalue weighted by Crippen LogP contribution is -2.40. The molecule has 1 fully saturated rings. The van der Waals surface area contributed by atoms with E-state index in [1.165, 1.54) is 0 Å². The van der Waals surface area contributed by atoms with Gasteiger partial charge in [-0.15, -0.1) is 0 Å². The highest BCUT2D eigenvalue weighted by Gasteiger charge is 2.21. The summed E-state index contributed by atoms with van der Waals surface area (Å²) in [5.74, 6) is 1.62. The molecule has 0 bridgehead atoms. The molecule has 21 heavy (non-hydrogen) atoms. The fourth-order valence-corrected chi connectivity index (χ4v) is 2.64. The Kier molecular flexibility index (Phi) is 6.39. The molecule has 0 aliphatic carbocycles. The van der Waals surface area contributed by atoms with Crippen molar-refractivity contribution in [1.29, 1.82) is 0 Å². The maximum absolute atomic E-state index is 5.75. The Hall–Kier alpha value is -1.20. The van der Waals surface area contributed by atoms with Gasteiger partial charge in [-0.2, -0.15) is 0 Å². The Bertz CT molecular complexity index is 422. The van der Waals surface area contributed by atoms with Crippen LogP contribution in [0.5, 0.6) is 0 Å². The molecule has 2 heterocycles. The molecular formula is C16H28N4O. The number of aromatic nitrogens is 2. The van der Waals surface area contributed by atoms with Crippen LogP contribution in [-0.4, -0.2) is 42.3 Å². The monoisotopic (exact) mass is 292 g/mol. The zero-order valence-electron chi connectivity index (χ0n) is 13.5. The number of piperidine rings is 1. The molecule has 1 atom stereocenters. The molecule has 0 radical (unpaired) electrons. The largest absolute Gasteiger partial charge is 0.377 e. The van der Waals surface area contributed by atoms with Crippen molar-refractivity contribution in [2.24, 2.45) is 5.92 Å². The normalized spacial score (nSPS) is 19.2. The molecule has 1 aromatic rings. The van der Waals surface area contributed by atoms with Crippen molar-refractivity contribution in [3.05, 3.63) is 18.1 Å². The summed E-state index contributed by atoms with van der Waals surface area (Å²) in [6.07, 6.45) is 6.34. The standard InChI is InChI=1S/C16H28N4O/c1-4-21-15-6-5-7-20(12-15)16-11-18-10-14(19-16)9-17-8-13(2)3/h10-11,13,15,17H,4-9,12H2,1-3H3. The third-order valence-corrected chi connectivity index (χ3v) is 3.63. The van der Waals surface area contributed by atoms with E-state index in [2.05, 4.69) is 36.0 Å². The number of hydrogen-bond donors (Lipinski definition) is 1. The van der Waals surface area contributed by atoms with E-state index in [-0.39, 0.29) is 0 Å². The second-order valence-corrected chi connectivity index (χ2v) is 6.06. The van der Waals surface area contributed by atoms with Crippen LogP contribution in [0.2, 0.25) is 0 Å². The summed E-state index contributed by atoms with van der Waals surface area (Å²) in [4.78, 5) is 11.4. The smallest absolute Gasteiger partial charge is 0.147 e. The van der Waals surface area contributed by atoms with Crippen LogP contribution < -0.4 is 10.2 Å². The number of hydrogen-bond acceptors (Lipinski definition) is 5. The summed E-state index contributed by atoms with van der Waals surface area (Å²) >= 11 is 0. The van der Waals surface area contributed by atoms with Gasteiger partial charge in [-0.05, 0) is 32.2 Å². The second-order valence-electron chi connectivity index (χ2n) is 6.06. The molecule has 1 unspecified atom stereocenters. The van der Waals surface area contributed by atoms with Crippen LogP contribution in [-0.2, 0) is 11.3 Å². The van der Waals surface area contributed by atoms with E-state index in [0.29, 0.717) is 12.0 Å². The summed E-state index contributed by atoms with van der Waals surface area (Å²) in [5.41, 5.74) is 1.01. The van der Waals surface area contributed by atoms with E-state index < -0.39 is 0 Å². The average Bonchev–Trinajstić information content (AvgIpc) is 2.48. The number of nitrogens with zero attached hydrogens (tertiary/aromatic N) is 3. The molecule has 2 rings (SSSR count). The van der Waals surface area contributed by atoms with Gasteiger partial charge in [-0.3, -0.25) is 4.98 Å². The van der Waals surface area contributed by atoms with Gasteiger partial charge in [0.2, 0.25) is 0 Å². The molecule has 1 N–H and O–H groups in total. The first-order valence-corrected chi connectivity index (χ1v) is 8.07. The Balaban J connectivity index is 1.93. The number of ether oxygens (including phenoxy) is 1. The van der Waals surface area contributed by atoms with Crippen LogP contribution in [0.4, 0.5) is 5.82 Å². The van der Waals surface area contributed by atoms with E-state index in [1.807, 2.05) is 12.4 Å². The topological polar surface area (TPSA) is 50.3 Å². The van der Waals surface area contributed by atoms with Gasteiger partial charge in [0.1, 0.15) is 5.82 Å². The van der Waals surface area contributed by atoms with Gasteiger partial charge in [0.25, 0.3) is 0 Å². The van der Waals surface area contributed by atoms with Crippen LogP contribution >= 0.6 is 0 Å². The molecule has 1 aromatic heterocycles. The fraction of sp³-hybridized carbons (Fsp3) is 0.750. The minimum absolute atomic E-state index is 0.327. The van der Waals surface area contributed by atoms with Crippen LogP contribution in [0, 0.1) is 5.92 Å². The van der Waals surface area contributed by atoms with Crippen molar-refractivity contribution < 1.29 is 4.74 Å². The SMILES string of the molecule is CCOC1CCCN(c2cncc(CNCC(C)C)n2)C1. The van der Waals surface area contributed by atoms with Crippen molar-refractivity contribution >= 4 is 5.82 Å². The first kappa shape index (κ1) is 16.2. The van der Waals surface area contributed by atoms with Gasteiger partial charge >= 0.3 is 0 Å². The molecule has 1 saturated heterocycles. The minimum atomic E-state index is 0.327. The van der Waals surface area contributed by atoms with Gasteiger partial charge in [0, 0.05) is 32.4 Å². The number of nitrogens with one attached hydrogen (secondary N) is 1. The molecule has 1 aliphatic rings. The highest BCUT2D eigenvalue weighted by Crippen LogP contribution is 2.19. The lowest BCUT2D eigenvalue weighted by atomic mass is 10.1. The third kappa shape index (κ3) is 5.25. The molecule has 5 nitrogen and oxygen atoms in total. The highest BCUT2D eigenvalue weighted by molar-refractivity contribution is 5.37. The van der Waals surface area contributed by atoms with Gasteiger partial charge in [-0.1, -0.05) is 13.8 Å². The van der Waals surface area contributed by atoms with E-state index in [1.54, 1.807) is 0 Å². The molecule has 5 heteroatoms. The van der Waals surface area contributed by atoms with Gasteiger partial charge in [0.15, 0.2) is 0 Å². The maximum Gasteiger partial charge on any atom is 0.147 e. The van der Waals surface area contributed by atoms with Gasteiger partial charge in [0.05, 0.1) is 18.0 Å². The van der Waals surface area contributed by atoms with Crippen molar-refractivity contribution in [2.45, 2.75) is 46.3 Å². The van der Waals surface area contributed by atoms with Crippen LogP contribution in [0.1, 0.15) is 39.3 Å². The van der Waals surface area contributed by atoms with Gasteiger partial charge < -0.3 is 15.0 Å². The summed E-state index contributed by atoms with van der Waals surface area (Å²) in [5, 5.41) is 3.41. The zero-order valence-corrected chi connectivity index (χ0v) is 13.5. The maximum atomic E-state index is 5.75. The quantitative estimate of drug-likeness (QED) is 0.835. The summed E-state index contributed by atoms with van der Waals surface area (Å²) in [7, 11) is 0. The third-order valence-electron chi connectivity index (χ3n) is 3.63. The Morgan fingerprint density at radius 2 is 2.29 bits per heavy atom. The van der Waals surface area contributed by atoms with E-state index in [9.17, 15) is 0 Å². The van der Waals surface area contributed by atoms with Crippen LogP contribution in [0.15, 0.2) is 12.4 Å². The Labute approximate surface area is 128 Å². The molecule has 0 aromatic carbocycles. The molecule has 118 valence electrons. The van der Waals surface area contributed by atoms with Crippen molar-refractivity contribution in [3.8, 4) is 0 Å². The van der Waals surface area contributed by atoms with E-state index >= 15 is 0 Å². The Morgan fingerprint density at radius 3 is 3.05 bits per heavy atom. The summed E-state index contributed by atoms with van der Waals surface area (Å²) < 4.78 is 5.75. The molecule has 0 saturated carbocycles. The fourth-order valence-electron chi connectivity index (χ4n) is 2.64. The summed E-state index contributed by atoms with van der Waals surface area (Å²) in [6.45, 7) is 11.0. The number of rotatable bonds is 7. The highest BCUT2D eigenvalue weighted by atomic mass is 16.5. The zero-order chi connectivity index (χ0) is 15.1. The van der Waals surface area contributed by atoms with Crippen LogP contribution in [0.25, 0.3) is 0 Å². The first-order valence-electron chi connectivity index (χ1n) is 8.07. The predicted octanol–water partition coefficient (Wildman–Crippen LogP) is 2.23. The minimum Gasteiger partial charge on any atom is -0.377 e.